The van der Waals surface area contributed by atoms with Gasteiger partial charge < -0.3 is 21.0 Å². The van der Waals surface area contributed by atoms with E-state index in [2.05, 4.69) is 17.4 Å². The fourth-order valence-electron chi connectivity index (χ4n) is 2.67. The number of methoxy groups -OCH3 is 1. The van der Waals surface area contributed by atoms with E-state index in [1.54, 1.807) is 7.11 Å². The summed E-state index contributed by atoms with van der Waals surface area (Å²) < 4.78 is 5.23. The molecule has 1 aliphatic rings. The Morgan fingerprint density at radius 2 is 2.25 bits per heavy atom. The van der Waals surface area contributed by atoms with E-state index < -0.39 is 0 Å². The van der Waals surface area contributed by atoms with E-state index in [1.165, 1.54) is 19.3 Å². The van der Waals surface area contributed by atoms with Gasteiger partial charge >= 0.3 is 0 Å². The molecule has 0 aromatic heterocycles. The predicted molar refractivity (Wildman–Crippen MR) is 79.2 cm³/mol. The van der Waals surface area contributed by atoms with Gasteiger partial charge in [0.05, 0.1) is 12.7 Å². The lowest BCUT2D eigenvalue weighted by molar-refractivity contribution is 0.175. The highest BCUT2D eigenvalue weighted by Gasteiger charge is 2.34. The van der Waals surface area contributed by atoms with Crippen LogP contribution in [0.25, 0.3) is 0 Å². The highest BCUT2D eigenvalue weighted by Crippen LogP contribution is 2.35. The molecular weight excluding hydrogens is 254 g/mol. The molecular formula is C15H23N3O2. The van der Waals surface area contributed by atoms with Crippen LogP contribution in [-0.2, 0) is 6.54 Å². The Bertz CT molecular complexity index is 490. The van der Waals surface area contributed by atoms with Crippen LogP contribution in [0.3, 0.4) is 0 Å². The van der Waals surface area contributed by atoms with Crippen molar-refractivity contribution in [3.63, 3.8) is 0 Å². The van der Waals surface area contributed by atoms with Crippen LogP contribution < -0.4 is 15.8 Å². The quantitative estimate of drug-likeness (QED) is 0.322. The van der Waals surface area contributed by atoms with Crippen molar-refractivity contribution < 1.29 is 9.94 Å². The maximum Gasteiger partial charge on any atom is 0.173 e. The molecule has 4 N–H and O–H groups in total. The number of amidine groups is 1. The van der Waals surface area contributed by atoms with Gasteiger partial charge in [-0.3, -0.25) is 0 Å². The van der Waals surface area contributed by atoms with Gasteiger partial charge in [0.25, 0.3) is 0 Å². The van der Waals surface area contributed by atoms with Gasteiger partial charge in [-0.05, 0) is 43.4 Å². The molecule has 1 saturated carbocycles. The molecule has 1 aliphatic carbocycles. The highest BCUT2D eigenvalue weighted by atomic mass is 16.5. The molecule has 0 bridgehead atoms. The lowest BCUT2D eigenvalue weighted by Crippen LogP contribution is -2.49. The first-order valence-corrected chi connectivity index (χ1v) is 7.04. The minimum Gasteiger partial charge on any atom is -0.496 e. The average molecular weight is 277 g/mol. The first kappa shape index (κ1) is 14.7. The number of benzene rings is 1. The molecule has 0 saturated heterocycles. The van der Waals surface area contributed by atoms with Crippen molar-refractivity contribution in [2.24, 2.45) is 10.9 Å². The molecule has 110 valence electrons. The van der Waals surface area contributed by atoms with E-state index >= 15 is 0 Å². The lowest BCUT2D eigenvalue weighted by atomic mass is 9.75. The summed E-state index contributed by atoms with van der Waals surface area (Å²) in [5.74, 6) is 0.676. The molecule has 0 atom stereocenters. The fraction of sp³-hybridized carbons (Fsp3) is 0.533. The number of hydrogen-bond donors (Lipinski definition) is 3. The van der Waals surface area contributed by atoms with Gasteiger partial charge in [-0.1, -0.05) is 18.1 Å². The van der Waals surface area contributed by atoms with E-state index in [0.29, 0.717) is 16.9 Å². The first-order chi connectivity index (χ1) is 9.64. The lowest BCUT2D eigenvalue weighted by Gasteiger charge is -2.42. The van der Waals surface area contributed by atoms with E-state index in [1.807, 2.05) is 18.2 Å². The number of nitrogens with zero attached hydrogens (tertiary/aromatic N) is 1. The SMILES string of the molecule is CCC1(NCc2ccc(OC)c(/C(N)=N/O)c2)CCC1. The van der Waals surface area contributed by atoms with Gasteiger partial charge in [-0.25, -0.2) is 0 Å². The third-order valence-electron chi connectivity index (χ3n) is 4.30. The summed E-state index contributed by atoms with van der Waals surface area (Å²) in [6, 6.07) is 5.76. The van der Waals surface area contributed by atoms with E-state index in [4.69, 9.17) is 15.7 Å². The summed E-state index contributed by atoms with van der Waals surface area (Å²) in [6.07, 6.45) is 4.94. The van der Waals surface area contributed by atoms with E-state index in [9.17, 15) is 0 Å². The number of oxime groups is 1. The van der Waals surface area contributed by atoms with Crippen LogP contribution in [0, 0.1) is 0 Å². The highest BCUT2D eigenvalue weighted by molar-refractivity contribution is 5.99. The molecule has 1 aromatic rings. The zero-order valence-corrected chi connectivity index (χ0v) is 12.1. The normalized spacial score (nSPS) is 17.6. The number of nitrogens with one attached hydrogen (secondary N) is 1. The predicted octanol–water partition coefficient (Wildman–Crippen LogP) is 2.21. The number of nitrogens with two attached hydrogens (primary N) is 1. The largest absolute Gasteiger partial charge is 0.496 e. The summed E-state index contributed by atoms with van der Waals surface area (Å²) in [4.78, 5) is 0. The van der Waals surface area contributed by atoms with Gasteiger partial charge in [0, 0.05) is 12.1 Å². The Kier molecular flexibility index (Phi) is 4.49. The summed E-state index contributed by atoms with van der Waals surface area (Å²) >= 11 is 0. The Morgan fingerprint density at radius 3 is 2.75 bits per heavy atom. The van der Waals surface area contributed by atoms with Crippen molar-refractivity contribution in [2.75, 3.05) is 7.11 Å². The minimum atomic E-state index is 0.0672. The summed E-state index contributed by atoms with van der Waals surface area (Å²) in [7, 11) is 1.57. The Hall–Kier alpha value is -1.75. The molecule has 1 aromatic carbocycles. The molecule has 0 amide bonds. The molecule has 0 radical (unpaired) electrons. The van der Waals surface area contributed by atoms with Crippen LogP contribution in [0.15, 0.2) is 23.4 Å². The second-order valence-electron chi connectivity index (χ2n) is 5.36. The van der Waals surface area contributed by atoms with Gasteiger partial charge in [-0.15, -0.1) is 0 Å². The molecule has 0 unspecified atom stereocenters. The van der Waals surface area contributed by atoms with Crippen LogP contribution in [0.4, 0.5) is 0 Å². The van der Waals surface area contributed by atoms with Gasteiger partial charge in [-0.2, -0.15) is 0 Å². The maximum atomic E-state index is 8.84. The van der Waals surface area contributed by atoms with Gasteiger partial charge in [0.1, 0.15) is 5.75 Å². The van der Waals surface area contributed by atoms with Crippen molar-refractivity contribution in [3.05, 3.63) is 29.3 Å². The first-order valence-electron chi connectivity index (χ1n) is 7.04. The van der Waals surface area contributed by atoms with Crippen LogP contribution in [-0.4, -0.2) is 23.7 Å². The molecule has 5 nitrogen and oxygen atoms in total. The third-order valence-corrected chi connectivity index (χ3v) is 4.30. The van der Waals surface area contributed by atoms with Crippen molar-refractivity contribution >= 4 is 5.84 Å². The van der Waals surface area contributed by atoms with Gasteiger partial charge in [0.15, 0.2) is 5.84 Å². The standard InChI is InChI=1S/C15H23N3O2/c1-3-15(7-4-8-15)17-10-11-5-6-13(20-2)12(9-11)14(16)18-19/h5-6,9,17,19H,3-4,7-8,10H2,1-2H3,(H2,16,18). The Labute approximate surface area is 119 Å². The van der Waals surface area contributed by atoms with Crippen LogP contribution >= 0.6 is 0 Å². The molecule has 0 spiro atoms. The van der Waals surface area contributed by atoms with Crippen molar-refractivity contribution in [3.8, 4) is 5.75 Å². The summed E-state index contributed by atoms with van der Waals surface area (Å²) in [6.45, 7) is 3.01. The van der Waals surface area contributed by atoms with Crippen LogP contribution in [0.2, 0.25) is 0 Å². The second-order valence-corrected chi connectivity index (χ2v) is 5.36. The Morgan fingerprint density at radius 1 is 1.50 bits per heavy atom. The van der Waals surface area contributed by atoms with Crippen LogP contribution in [0.5, 0.6) is 5.75 Å². The molecule has 5 heteroatoms. The van der Waals surface area contributed by atoms with Crippen molar-refractivity contribution in [1.29, 1.82) is 0 Å². The summed E-state index contributed by atoms with van der Waals surface area (Å²) in [5, 5.41) is 15.5. The molecule has 0 aliphatic heterocycles. The molecule has 1 fully saturated rings. The topological polar surface area (TPSA) is 79.9 Å². The minimum absolute atomic E-state index is 0.0672. The Balaban J connectivity index is 2.12. The monoisotopic (exact) mass is 277 g/mol. The molecule has 2 rings (SSSR count). The zero-order valence-electron chi connectivity index (χ0n) is 12.1. The number of rotatable bonds is 6. The van der Waals surface area contributed by atoms with E-state index in [-0.39, 0.29) is 5.84 Å². The van der Waals surface area contributed by atoms with E-state index in [0.717, 1.165) is 18.5 Å². The maximum absolute atomic E-state index is 8.84. The smallest absolute Gasteiger partial charge is 0.173 e. The number of hydrogen-bond acceptors (Lipinski definition) is 4. The van der Waals surface area contributed by atoms with Crippen LogP contribution in [0.1, 0.15) is 43.7 Å². The van der Waals surface area contributed by atoms with Gasteiger partial charge in [0.2, 0.25) is 0 Å². The fourth-order valence-corrected chi connectivity index (χ4v) is 2.67. The van der Waals surface area contributed by atoms with Crippen molar-refractivity contribution in [2.45, 2.75) is 44.7 Å². The average Bonchev–Trinajstić information content (AvgIpc) is 2.45. The summed E-state index contributed by atoms with van der Waals surface area (Å²) in [5.41, 5.74) is 7.71. The molecule has 20 heavy (non-hydrogen) atoms. The van der Waals surface area contributed by atoms with Crippen molar-refractivity contribution in [1.82, 2.24) is 5.32 Å². The zero-order chi connectivity index (χ0) is 14.6. The second kappa shape index (κ2) is 6.13. The number of ether oxygens (including phenoxy) is 1. The third kappa shape index (κ3) is 2.88. The molecule has 0 heterocycles.